The highest BCUT2D eigenvalue weighted by atomic mass is 35.5. The van der Waals surface area contributed by atoms with E-state index >= 15 is 0 Å². The van der Waals surface area contributed by atoms with Crippen LogP contribution >= 0.6 is 11.6 Å². The zero-order valence-electron chi connectivity index (χ0n) is 19.2. The third kappa shape index (κ3) is 4.24. The van der Waals surface area contributed by atoms with Crippen molar-refractivity contribution in [1.82, 2.24) is 9.88 Å². The first-order chi connectivity index (χ1) is 16.2. The maximum absolute atomic E-state index is 13.2. The molecule has 5 rings (SSSR count). The van der Waals surface area contributed by atoms with Gasteiger partial charge in [0, 0.05) is 41.4 Å². The van der Waals surface area contributed by atoms with Crippen LogP contribution in [0.1, 0.15) is 49.0 Å². The predicted molar refractivity (Wildman–Crippen MR) is 134 cm³/mol. The topological polar surface area (TPSA) is 48.6 Å². The number of morpholine rings is 1. The van der Waals surface area contributed by atoms with Gasteiger partial charge in [-0.3, -0.25) is 4.79 Å². The molecular formula is C27H32ClN3O2. The van der Waals surface area contributed by atoms with Crippen LogP contribution in [-0.2, 0) is 16.0 Å². The molecule has 1 fully saturated rings. The number of fused-ring (bicyclic) bond motifs is 3. The second-order valence-electron chi connectivity index (χ2n) is 9.09. The Morgan fingerprint density at radius 1 is 1.12 bits per heavy atom. The average Bonchev–Trinajstić information content (AvgIpc) is 3.25. The van der Waals surface area contributed by atoms with E-state index in [1.807, 2.05) is 0 Å². The van der Waals surface area contributed by atoms with Crippen LogP contribution in [0.2, 0.25) is 0 Å². The van der Waals surface area contributed by atoms with Gasteiger partial charge in [0.25, 0.3) is 0 Å². The molecule has 0 spiro atoms. The number of nitrogens with zero attached hydrogens (tertiary/aromatic N) is 2. The molecule has 2 aliphatic heterocycles. The molecule has 2 aliphatic rings. The Labute approximate surface area is 200 Å². The number of alkyl halides is 1. The van der Waals surface area contributed by atoms with E-state index in [9.17, 15) is 4.79 Å². The molecular weight excluding hydrogens is 434 g/mol. The number of carbonyl (C=O) groups is 1. The summed E-state index contributed by atoms with van der Waals surface area (Å²) < 4.78 is 5.50. The minimum atomic E-state index is -0.159. The van der Waals surface area contributed by atoms with Crippen molar-refractivity contribution in [3.8, 4) is 0 Å². The summed E-state index contributed by atoms with van der Waals surface area (Å²) in [6.07, 6.45) is 4.06. The lowest BCUT2D eigenvalue weighted by Gasteiger charge is -2.42. The molecule has 0 unspecified atom stereocenters. The molecule has 2 atom stereocenters. The summed E-state index contributed by atoms with van der Waals surface area (Å²) in [5, 5.41) is 1.27. The number of aromatic nitrogens is 1. The molecule has 6 heteroatoms. The molecule has 0 saturated carbocycles. The highest BCUT2D eigenvalue weighted by Crippen LogP contribution is 2.42. The SMILES string of the molecule is CCCC[C@H]1Cc2c([nH]c3ccccc23)[C@H](c2ccc(N3CCOCC3)cc2)N1C(=O)CCl. The van der Waals surface area contributed by atoms with Gasteiger partial charge in [-0.2, -0.15) is 0 Å². The summed E-state index contributed by atoms with van der Waals surface area (Å²) in [5.41, 5.74) is 5.92. The lowest BCUT2D eigenvalue weighted by Crippen LogP contribution is -2.48. The Kier molecular flexibility index (Phi) is 6.61. The Balaban J connectivity index is 1.59. The van der Waals surface area contributed by atoms with E-state index in [4.69, 9.17) is 16.3 Å². The van der Waals surface area contributed by atoms with Gasteiger partial charge in [0.15, 0.2) is 0 Å². The molecule has 174 valence electrons. The number of hydrogen-bond donors (Lipinski definition) is 1. The number of ether oxygens (including phenoxy) is 1. The van der Waals surface area contributed by atoms with Crippen LogP contribution in [0.4, 0.5) is 5.69 Å². The van der Waals surface area contributed by atoms with Gasteiger partial charge in [0.1, 0.15) is 5.88 Å². The standard InChI is InChI=1S/C27H32ClN3O2/c1-2-3-6-21-17-23-22-7-4-5-8-24(22)29-26(23)27(31(21)25(32)18-28)19-9-11-20(12-10-19)30-13-15-33-16-14-30/h4-5,7-12,21,27,29H,2-3,6,13-18H2,1H3/t21-,27-/m0/s1. The summed E-state index contributed by atoms with van der Waals surface area (Å²) >= 11 is 6.15. The van der Waals surface area contributed by atoms with Crippen molar-refractivity contribution in [2.24, 2.45) is 0 Å². The molecule has 1 saturated heterocycles. The fraction of sp³-hybridized carbons (Fsp3) is 0.444. The molecule has 1 amide bonds. The number of anilines is 1. The zero-order valence-corrected chi connectivity index (χ0v) is 20.0. The summed E-state index contributed by atoms with van der Waals surface area (Å²) in [7, 11) is 0. The third-order valence-corrected chi connectivity index (χ3v) is 7.34. The normalized spacial score (nSPS) is 20.8. The molecule has 1 N–H and O–H groups in total. The first kappa shape index (κ1) is 22.3. The van der Waals surface area contributed by atoms with Crippen LogP contribution in [0.5, 0.6) is 0 Å². The van der Waals surface area contributed by atoms with Crippen molar-refractivity contribution in [1.29, 1.82) is 0 Å². The number of aromatic amines is 1. The number of halogens is 1. The summed E-state index contributed by atoms with van der Waals surface area (Å²) in [5.74, 6) is 0.00455. The quantitative estimate of drug-likeness (QED) is 0.504. The summed E-state index contributed by atoms with van der Waals surface area (Å²) in [4.78, 5) is 21.3. The molecule has 5 nitrogen and oxygen atoms in total. The summed E-state index contributed by atoms with van der Waals surface area (Å²) in [6.45, 7) is 5.55. The Morgan fingerprint density at radius 3 is 2.61 bits per heavy atom. The lowest BCUT2D eigenvalue weighted by atomic mass is 9.86. The second kappa shape index (κ2) is 9.78. The monoisotopic (exact) mass is 465 g/mol. The van der Waals surface area contributed by atoms with Gasteiger partial charge in [-0.15, -0.1) is 11.6 Å². The summed E-state index contributed by atoms with van der Waals surface area (Å²) in [6, 6.07) is 17.2. The minimum absolute atomic E-state index is 0.000544. The number of unbranched alkanes of at least 4 members (excludes halogenated alkanes) is 1. The number of carbonyl (C=O) groups excluding carboxylic acids is 1. The van der Waals surface area contributed by atoms with Gasteiger partial charge >= 0.3 is 0 Å². The van der Waals surface area contributed by atoms with E-state index in [1.54, 1.807) is 0 Å². The van der Waals surface area contributed by atoms with E-state index in [-0.39, 0.29) is 23.9 Å². The van der Waals surface area contributed by atoms with Crippen molar-refractivity contribution < 1.29 is 9.53 Å². The molecule has 33 heavy (non-hydrogen) atoms. The van der Waals surface area contributed by atoms with Crippen LogP contribution in [0, 0.1) is 0 Å². The number of benzene rings is 2. The van der Waals surface area contributed by atoms with Crippen molar-refractivity contribution >= 4 is 34.1 Å². The Hall–Kier alpha value is -2.50. The number of H-pyrrole nitrogens is 1. The van der Waals surface area contributed by atoms with Crippen LogP contribution in [0.15, 0.2) is 48.5 Å². The molecule has 3 heterocycles. The predicted octanol–water partition coefficient (Wildman–Crippen LogP) is 5.28. The molecule has 0 radical (unpaired) electrons. The van der Waals surface area contributed by atoms with Crippen molar-refractivity contribution in [3.63, 3.8) is 0 Å². The smallest absolute Gasteiger partial charge is 0.238 e. The van der Waals surface area contributed by atoms with Crippen molar-refractivity contribution in [3.05, 3.63) is 65.4 Å². The second-order valence-corrected chi connectivity index (χ2v) is 9.36. The fourth-order valence-electron chi connectivity index (χ4n) is 5.47. The maximum atomic E-state index is 13.2. The van der Waals surface area contributed by atoms with Crippen molar-refractivity contribution in [2.45, 2.75) is 44.7 Å². The molecule has 2 aromatic carbocycles. The zero-order chi connectivity index (χ0) is 22.8. The Bertz CT molecular complexity index is 1100. The maximum Gasteiger partial charge on any atom is 0.238 e. The first-order valence-electron chi connectivity index (χ1n) is 12.1. The Morgan fingerprint density at radius 2 is 1.88 bits per heavy atom. The number of nitrogens with one attached hydrogen (secondary N) is 1. The molecule has 0 bridgehead atoms. The average molecular weight is 466 g/mol. The van der Waals surface area contributed by atoms with Crippen LogP contribution in [0.3, 0.4) is 0 Å². The van der Waals surface area contributed by atoms with E-state index in [0.29, 0.717) is 0 Å². The van der Waals surface area contributed by atoms with Gasteiger partial charge in [-0.1, -0.05) is 50.1 Å². The third-order valence-electron chi connectivity index (χ3n) is 7.11. The van der Waals surface area contributed by atoms with Crippen molar-refractivity contribution in [2.75, 3.05) is 37.1 Å². The minimum Gasteiger partial charge on any atom is -0.378 e. The lowest BCUT2D eigenvalue weighted by molar-refractivity contribution is -0.133. The van der Waals surface area contributed by atoms with Gasteiger partial charge in [-0.05, 0) is 42.2 Å². The van der Waals surface area contributed by atoms with Gasteiger partial charge in [-0.25, -0.2) is 0 Å². The number of rotatable bonds is 6. The van der Waals surface area contributed by atoms with Gasteiger partial charge in [0.05, 0.1) is 19.3 Å². The number of hydrogen-bond acceptors (Lipinski definition) is 3. The molecule has 1 aromatic heterocycles. The highest BCUT2D eigenvalue weighted by Gasteiger charge is 2.39. The first-order valence-corrected chi connectivity index (χ1v) is 12.6. The highest BCUT2D eigenvalue weighted by molar-refractivity contribution is 6.27. The number of para-hydroxylation sites is 1. The molecule has 0 aliphatic carbocycles. The van der Waals surface area contributed by atoms with E-state index in [1.165, 1.54) is 16.6 Å². The fourth-order valence-corrected chi connectivity index (χ4v) is 5.61. The van der Waals surface area contributed by atoms with E-state index in [2.05, 4.69) is 70.2 Å². The van der Waals surface area contributed by atoms with Crippen LogP contribution in [-0.4, -0.2) is 54.0 Å². The van der Waals surface area contributed by atoms with Gasteiger partial charge in [0.2, 0.25) is 5.91 Å². The van der Waals surface area contributed by atoms with Crippen LogP contribution < -0.4 is 4.90 Å². The van der Waals surface area contributed by atoms with E-state index in [0.717, 1.165) is 68.8 Å². The largest absolute Gasteiger partial charge is 0.378 e. The molecule has 3 aromatic rings. The van der Waals surface area contributed by atoms with Gasteiger partial charge < -0.3 is 19.5 Å². The van der Waals surface area contributed by atoms with Crippen LogP contribution in [0.25, 0.3) is 10.9 Å². The number of amides is 1. The van der Waals surface area contributed by atoms with E-state index < -0.39 is 0 Å².